The molecule has 0 fully saturated rings. The number of hydrogen-bond acceptors (Lipinski definition) is 6. The van der Waals surface area contributed by atoms with Crippen LogP contribution in [0.25, 0.3) is 11.1 Å². The number of methoxy groups -OCH3 is 2. The molecule has 2 heterocycles. The third-order valence-electron chi connectivity index (χ3n) is 5.68. The summed E-state index contributed by atoms with van der Waals surface area (Å²) in [5.74, 6) is 0.396. The van der Waals surface area contributed by atoms with E-state index in [1.54, 1.807) is 31.4 Å². The van der Waals surface area contributed by atoms with Gasteiger partial charge in [0, 0.05) is 50.1 Å². The van der Waals surface area contributed by atoms with Crippen LogP contribution in [0.3, 0.4) is 0 Å². The first kappa shape index (κ1) is 25.0. The summed E-state index contributed by atoms with van der Waals surface area (Å²) in [6.45, 7) is 6.37. The maximum absolute atomic E-state index is 13.1. The van der Waals surface area contributed by atoms with Crippen LogP contribution in [-0.4, -0.2) is 61.0 Å². The third kappa shape index (κ3) is 5.84. The number of hydrogen-bond donors (Lipinski definition) is 2. The third-order valence-corrected chi connectivity index (χ3v) is 5.68. The van der Waals surface area contributed by atoms with Crippen molar-refractivity contribution in [2.24, 2.45) is 5.92 Å². The van der Waals surface area contributed by atoms with Crippen molar-refractivity contribution >= 4 is 17.7 Å². The Hall–Kier alpha value is -3.62. The van der Waals surface area contributed by atoms with E-state index in [-0.39, 0.29) is 24.3 Å². The Bertz CT molecular complexity index is 1070. The molecule has 0 spiro atoms. The lowest BCUT2D eigenvalue weighted by Gasteiger charge is -2.24. The standard InChI is InChI=1S/C25H32N4O5/c1-15(2)8-21-25(32)27-6-7-29(16(3)30)14-17-9-20(23(34-5)22(10-17)33-4)18-11-19(13-26-12-18)24(31)28-21/h9-13,15,21H,6-8,14H2,1-5H3,(H,27,32)(H,28,31)/t21-/m1/s1. The SMILES string of the molecule is COc1cc2cc(c1OC)-c1cncc(c1)C(=O)N[C@H](CC(C)C)C(=O)NCCN(C(C)=O)C2. The van der Waals surface area contributed by atoms with Gasteiger partial charge in [-0.15, -0.1) is 0 Å². The highest BCUT2D eigenvalue weighted by atomic mass is 16.5. The number of rotatable bonds is 4. The van der Waals surface area contributed by atoms with Crippen molar-refractivity contribution in [3.8, 4) is 22.6 Å². The first-order chi connectivity index (χ1) is 16.2. The molecule has 3 amide bonds. The van der Waals surface area contributed by atoms with Crippen molar-refractivity contribution in [2.75, 3.05) is 27.3 Å². The Morgan fingerprint density at radius 2 is 1.88 bits per heavy atom. The van der Waals surface area contributed by atoms with Gasteiger partial charge >= 0.3 is 0 Å². The summed E-state index contributed by atoms with van der Waals surface area (Å²) >= 11 is 0. The molecule has 1 atom stereocenters. The average molecular weight is 469 g/mol. The van der Waals surface area contributed by atoms with Crippen molar-refractivity contribution in [1.82, 2.24) is 20.5 Å². The smallest absolute Gasteiger partial charge is 0.253 e. The van der Waals surface area contributed by atoms with E-state index in [1.165, 1.54) is 13.1 Å². The predicted octanol–water partition coefficient (Wildman–Crippen LogP) is 2.39. The molecule has 3 rings (SSSR count). The molecule has 1 aliphatic rings. The van der Waals surface area contributed by atoms with E-state index >= 15 is 0 Å². The van der Waals surface area contributed by atoms with Crippen molar-refractivity contribution in [3.63, 3.8) is 0 Å². The van der Waals surface area contributed by atoms with Gasteiger partial charge in [-0.2, -0.15) is 0 Å². The molecule has 9 nitrogen and oxygen atoms in total. The zero-order valence-corrected chi connectivity index (χ0v) is 20.3. The van der Waals surface area contributed by atoms with E-state index in [0.717, 1.165) is 5.56 Å². The molecule has 9 heteroatoms. The lowest BCUT2D eigenvalue weighted by atomic mass is 10.00. The van der Waals surface area contributed by atoms with Gasteiger partial charge in [0.25, 0.3) is 5.91 Å². The molecule has 2 aromatic rings. The van der Waals surface area contributed by atoms with Crippen molar-refractivity contribution in [3.05, 3.63) is 41.7 Å². The lowest BCUT2D eigenvalue weighted by Crippen LogP contribution is -2.49. The Kier molecular flexibility index (Phi) is 8.09. The Morgan fingerprint density at radius 3 is 2.53 bits per heavy atom. The highest BCUT2D eigenvalue weighted by Gasteiger charge is 2.24. The Labute approximate surface area is 199 Å². The minimum atomic E-state index is -0.706. The number of carbonyl (C=O) groups excluding carboxylic acids is 3. The predicted molar refractivity (Wildman–Crippen MR) is 128 cm³/mol. The van der Waals surface area contributed by atoms with Gasteiger partial charge in [-0.1, -0.05) is 13.8 Å². The fourth-order valence-corrected chi connectivity index (χ4v) is 3.99. The summed E-state index contributed by atoms with van der Waals surface area (Å²) in [7, 11) is 3.09. The number of aromatic nitrogens is 1. The minimum absolute atomic E-state index is 0.120. The summed E-state index contributed by atoms with van der Waals surface area (Å²) in [4.78, 5) is 44.2. The van der Waals surface area contributed by atoms with E-state index in [0.29, 0.717) is 47.7 Å². The van der Waals surface area contributed by atoms with Crippen molar-refractivity contribution in [2.45, 2.75) is 39.8 Å². The first-order valence-electron chi connectivity index (χ1n) is 11.3. The van der Waals surface area contributed by atoms with Crippen molar-refractivity contribution < 1.29 is 23.9 Å². The topological polar surface area (TPSA) is 110 Å². The summed E-state index contributed by atoms with van der Waals surface area (Å²) in [5, 5.41) is 5.70. The van der Waals surface area contributed by atoms with E-state index in [1.807, 2.05) is 26.0 Å². The highest BCUT2D eigenvalue weighted by Crippen LogP contribution is 2.39. The van der Waals surface area contributed by atoms with Crippen molar-refractivity contribution in [1.29, 1.82) is 0 Å². The fourth-order valence-electron chi connectivity index (χ4n) is 3.99. The molecule has 2 N–H and O–H groups in total. The van der Waals surface area contributed by atoms with Gasteiger partial charge in [-0.3, -0.25) is 19.4 Å². The monoisotopic (exact) mass is 468 g/mol. The number of benzene rings is 1. The second-order valence-electron chi connectivity index (χ2n) is 8.73. The molecule has 1 aromatic carbocycles. The van der Waals surface area contributed by atoms with Crippen LogP contribution in [0, 0.1) is 5.92 Å². The van der Waals surface area contributed by atoms with Crippen LogP contribution in [0.5, 0.6) is 11.5 Å². The van der Waals surface area contributed by atoms with Gasteiger partial charge in [-0.05, 0) is 36.1 Å². The van der Waals surface area contributed by atoms with E-state index < -0.39 is 11.9 Å². The first-order valence-corrected chi connectivity index (χ1v) is 11.3. The number of carbonyl (C=O) groups is 3. The summed E-state index contributed by atoms with van der Waals surface area (Å²) in [6.07, 6.45) is 3.58. The van der Waals surface area contributed by atoms with Crippen LogP contribution in [0.4, 0.5) is 0 Å². The van der Waals surface area contributed by atoms with Crippen LogP contribution in [0.2, 0.25) is 0 Å². The molecule has 0 saturated carbocycles. The van der Waals surface area contributed by atoms with Crippen LogP contribution in [0.1, 0.15) is 43.1 Å². The van der Waals surface area contributed by atoms with Crippen LogP contribution >= 0.6 is 0 Å². The Balaban J connectivity index is 2.14. The molecule has 182 valence electrons. The van der Waals surface area contributed by atoms with Gasteiger partial charge in [0.2, 0.25) is 11.8 Å². The van der Waals surface area contributed by atoms with E-state index in [4.69, 9.17) is 9.47 Å². The molecule has 1 aromatic heterocycles. The molecule has 1 aliphatic heterocycles. The van der Waals surface area contributed by atoms with Gasteiger partial charge < -0.3 is 25.0 Å². The van der Waals surface area contributed by atoms with Crippen LogP contribution in [0.15, 0.2) is 30.6 Å². The quantitative estimate of drug-likeness (QED) is 0.713. The largest absolute Gasteiger partial charge is 0.493 e. The second kappa shape index (κ2) is 11.0. The number of nitrogens with one attached hydrogen (secondary N) is 2. The summed E-state index contributed by atoms with van der Waals surface area (Å²) in [5.41, 5.74) is 2.48. The molecular weight excluding hydrogens is 436 g/mol. The van der Waals surface area contributed by atoms with E-state index in [9.17, 15) is 14.4 Å². The van der Waals surface area contributed by atoms with Gasteiger partial charge in [0.1, 0.15) is 6.04 Å². The zero-order valence-electron chi connectivity index (χ0n) is 20.3. The average Bonchev–Trinajstić information content (AvgIpc) is 2.81. The van der Waals surface area contributed by atoms with Gasteiger partial charge in [0.15, 0.2) is 11.5 Å². The number of amides is 3. The second-order valence-corrected chi connectivity index (χ2v) is 8.73. The molecule has 4 bridgehead atoms. The molecule has 0 radical (unpaired) electrons. The number of nitrogens with zero attached hydrogens (tertiary/aromatic N) is 2. The summed E-state index contributed by atoms with van der Waals surface area (Å²) in [6, 6.07) is 4.71. The zero-order chi connectivity index (χ0) is 24.8. The molecular formula is C25H32N4O5. The number of pyridine rings is 1. The van der Waals surface area contributed by atoms with Gasteiger partial charge in [-0.25, -0.2) is 0 Å². The maximum Gasteiger partial charge on any atom is 0.253 e. The Morgan fingerprint density at radius 1 is 1.15 bits per heavy atom. The lowest BCUT2D eigenvalue weighted by molar-refractivity contribution is -0.130. The number of ether oxygens (including phenoxy) is 2. The van der Waals surface area contributed by atoms with E-state index in [2.05, 4.69) is 15.6 Å². The molecule has 0 unspecified atom stereocenters. The summed E-state index contributed by atoms with van der Waals surface area (Å²) < 4.78 is 11.2. The van der Waals surface area contributed by atoms with Crippen LogP contribution < -0.4 is 20.1 Å². The highest BCUT2D eigenvalue weighted by molar-refractivity contribution is 5.98. The van der Waals surface area contributed by atoms with Gasteiger partial charge in [0.05, 0.1) is 19.8 Å². The number of fused-ring (bicyclic) bond motifs is 5. The fraction of sp³-hybridized carbons (Fsp3) is 0.440. The normalized spacial score (nSPS) is 16.8. The molecule has 34 heavy (non-hydrogen) atoms. The molecule has 0 saturated heterocycles. The molecule has 0 aliphatic carbocycles. The maximum atomic E-state index is 13.1. The van der Waals surface area contributed by atoms with Crippen LogP contribution in [-0.2, 0) is 16.1 Å². The minimum Gasteiger partial charge on any atom is -0.493 e.